The number of nitrogens with two attached hydrogens (primary N) is 1. The van der Waals surface area contributed by atoms with E-state index in [1.807, 2.05) is 0 Å². The van der Waals surface area contributed by atoms with Crippen LogP contribution in [-0.2, 0) is 10.0 Å². The van der Waals surface area contributed by atoms with Gasteiger partial charge < -0.3 is 11.1 Å². The molecule has 0 unspecified atom stereocenters. The second-order valence-electron chi connectivity index (χ2n) is 4.91. The van der Waals surface area contributed by atoms with Crippen LogP contribution in [-0.4, -0.2) is 33.0 Å². The maximum atomic E-state index is 12.0. The van der Waals surface area contributed by atoms with Gasteiger partial charge in [0.1, 0.15) is 0 Å². The summed E-state index contributed by atoms with van der Waals surface area (Å²) in [5.74, 6) is -0.343. The Balaban J connectivity index is 2.99. The summed E-state index contributed by atoms with van der Waals surface area (Å²) in [6.45, 7) is 5.56. The Hall–Kier alpha value is -1.44. The molecule has 6 nitrogen and oxygen atoms in total. The molecule has 0 aromatic heterocycles. The summed E-state index contributed by atoms with van der Waals surface area (Å²) in [4.78, 5) is 12.0. The smallest absolute Gasteiger partial charge is 0.251 e. The molecule has 0 radical (unpaired) electrons. The summed E-state index contributed by atoms with van der Waals surface area (Å²) < 4.78 is 26.5. The van der Waals surface area contributed by atoms with Gasteiger partial charge in [-0.1, -0.05) is 6.07 Å². The van der Waals surface area contributed by atoms with Crippen LogP contribution in [0.1, 0.15) is 31.1 Å². The first-order chi connectivity index (χ1) is 9.26. The van der Waals surface area contributed by atoms with Crippen molar-refractivity contribution in [3.05, 3.63) is 29.8 Å². The zero-order valence-electron chi connectivity index (χ0n) is 11.9. The van der Waals surface area contributed by atoms with Gasteiger partial charge in [-0.15, -0.1) is 0 Å². The van der Waals surface area contributed by atoms with Gasteiger partial charge in [0.05, 0.1) is 4.90 Å². The SMILES string of the molecule is CC(C)NS(=O)(=O)c1cccc(C(=O)N[C@@H](C)CN)c1. The second-order valence-corrected chi connectivity index (χ2v) is 6.63. The van der Waals surface area contributed by atoms with E-state index in [9.17, 15) is 13.2 Å². The Morgan fingerprint density at radius 3 is 2.50 bits per heavy atom. The standard InChI is InChI=1S/C13H21N3O3S/c1-9(2)16-20(18,19)12-6-4-5-11(7-12)13(17)15-10(3)8-14/h4-7,9-10,16H,8,14H2,1-3H3,(H,15,17)/t10-/m0/s1. The van der Waals surface area contributed by atoms with Crippen LogP contribution in [0, 0.1) is 0 Å². The fourth-order valence-electron chi connectivity index (χ4n) is 1.55. The summed E-state index contributed by atoms with van der Waals surface area (Å²) in [5.41, 5.74) is 5.72. The van der Waals surface area contributed by atoms with Crippen LogP contribution in [0.3, 0.4) is 0 Å². The molecular weight excluding hydrogens is 278 g/mol. The highest BCUT2D eigenvalue weighted by molar-refractivity contribution is 7.89. The number of hydrogen-bond donors (Lipinski definition) is 3. The van der Waals surface area contributed by atoms with Crippen LogP contribution in [0.2, 0.25) is 0 Å². The highest BCUT2D eigenvalue weighted by Crippen LogP contribution is 2.12. The van der Waals surface area contributed by atoms with Crippen molar-refractivity contribution >= 4 is 15.9 Å². The van der Waals surface area contributed by atoms with Gasteiger partial charge in [0.15, 0.2) is 0 Å². The summed E-state index contributed by atoms with van der Waals surface area (Å²) in [5, 5.41) is 2.69. The molecule has 0 aliphatic carbocycles. The fraction of sp³-hybridized carbons (Fsp3) is 0.462. The minimum atomic E-state index is -3.60. The van der Waals surface area contributed by atoms with Crippen LogP contribution in [0.4, 0.5) is 0 Å². The lowest BCUT2D eigenvalue weighted by molar-refractivity contribution is 0.0941. The number of benzene rings is 1. The average Bonchev–Trinajstić information content (AvgIpc) is 2.37. The highest BCUT2D eigenvalue weighted by atomic mass is 32.2. The van der Waals surface area contributed by atoms with Gasteiger partial charge in [0.2, 0.25) is 10.0 Å². The van der Waals surface area contributed by atoms with E-state index >= 15 is 0 Å². The van der Waals surface area contributed by atoms with Crippen molar-refractivity contribution in [1.82, 2.24) is 10.0 Å². The van der Waals surface area contributed by atoms with Gasteiger partial charge in [-0.3, -0.25) is 4.79 Å². The second kappa shape index (κ2) is 6.83. The molecular formula is C13H21N3O3S. The third-order valence-electron chi connectivity index (χ3n) is 2.53. The molecule has 20 heavy (non-hydrogen) atoms. The van der Waals surface area contributed by atoms with Crippen molar-refractivity contribution in [2.45, 2.75) is 37.8 Å². The summed E-state index contributed by atoms with van der Waals surface area (Å²) in [6.07, 6.45) is 0. The molecule has 1 aromatic rings. The highest BCUT2D eigenvalue weighted by Gasteiger charge is 2.17. The van der Waals surface area contributed by atoms with Gasteiger partial charge in [0, 0.05) is 24.2 Å². The molecule has 0 saturated heterocycles. The number of amides is 1. The Morgan fingerprint density at radius 2 is 1.95 bits per heavy atom. The minimum Gasteiger partial charge on any atom is -0.348 e. The van der Waals surface area contributed by atoms with Gasteiger partial charge in [-0.25, -0.2) is 13.1 Å². The Bertz CT molecular complexity index is 570. The molecule has 1 atom stereocenters. The molecule has 0 aliphatic heterocycles. The summed E-state index contributed by atoms with van der Waals surface area (Å²) in [6, 6.07) is 5.52. The molecule has 112 valence electrons. The maximum Gasteiger partial charge on any atom is 0.251 e. The van der Waals surface area contributed by atoms with E-state index in [-0.39, 0.29) is 28.4 Å². The van der Waals surface area contributed by atoms with E-state index in [4.69, 9.17) is 5.73 Å². The number of hydrogen-bond acceptors (Lipinski definition) is 4. The van der Waals surface area contributed by atoms with Crippen LogP contribution >= 0.6 is 0 Å². The van der Waals surface area contributed by atoms with E-state index in [0.29, 0.717) is 6.54 Å². The lowest BCUT2D eigenvalue weighted by Gasteiger charge is -2.13. The van der Waals surface area contributed by atoms with Crippen molar-refractivity contribution in [1.29, 1.82) is 0 Å². The van der Waals surface area contributed by atoms with E-state index < -0.39 is 10.0 Å². The zero-order valence-corrected chi connectivity index (χ0v) is 12.7. The van der Waals surface area contributed by atoms with Crippen molar-refractivity contribution in [3.63, 3.8) is 0 Å². The molecule has 1 aromatic carbocycles. The molecule has 0 aliphatic rings. The summed E-state index contributed by atoms with van der Waals surface area (Å²) in [7, 11) is -3.60. The van der Waals surface area contributed by atoms with Gasteiger partial charge in [-0.05, 0) is 39.0 Å². The monoisotopic (exact) mass is 299 g/mol. The van der Waals surface area contributed by atoms with E-state index in [1.54, 1.807) is 26.8 Å². The fourth-order valence-corrected chi connectivity index (χ4v) is 2.85. The first-order valence-electron chi connectivity index (χ1n) is 6.39. The number of sulfonamides is 1. The van der Waals surface area contributed by atoms with E-state index in [0.717, 1.165) is 0 Å². The third-order valence-corrected chi connectivity index (χ3v) is 4.18. The van der Waals surface area contributed by atoms with Gasteiger partial charge >= 0.3 is 0 Å². The van der Waals surface area contributed by atoms with Crippen molar-refractivity contribution in [2.24, 2.45) is 5.73 Å². The average molecular weight is 299 g/mol. The minimum absolute atomic E-state index is 0.0688. The molecule has 0 spiro atoms. The quantitative estimate of drug-likeness (QED) is 0.710. The molecule has 0 heterocycles. The van der Waals surface area contributed by atoms with E-state index in [2.05, 4.69) is 10.0 Å². The van der Waals surface area contributed by atoms with Crippen LogP contribution in [0.5, 0.6) is 0 Å². The first-order valence-corrected chi connectivity index (χ1v) is 7.88. The number of rotatable bonds is 6. The first kappa shape index (κ1) is 16.6. The number of carbonyl (C=O) groups excluding carboxylic acids is 1. The van der Waals surface area contributed by atoms with Crippen LogP contribution in [0.15, 0.2) is 29.2 Å². The molecule has 7 heteroatoms. The Kier molecular flexibility index (Phi) is 5.67. The van der Waals surface area contributed by atoms with Crippen LogP contribution < -0.4 is 15.8 Å². The predicted molar refractivity (Wildman–Crippen MR) is 77.9 cm³/mol. The van der Waals surface area contributed by atoms with Crippen molar-refractivity contribution in [2.75, 3.05) is 6.54 Å². The Labute approximate surface area is 119 Å². The molecule has 1 rings (SSSR count). The molecule has 4 N–H and O–H groups in total. The van der Waals surface area contributed by atoms with Crippen molar-refractivity contribution in [3.8, 4) is 0 Å². The topological polar surface area (TPSA) is 101 Å². The van der Waals surface area contributed by atoms with Crippen LogP contribution in [0.25, 0.3) is 0 Å². The molecule has 0 saturated carbocycles. The summed E-state index contributed by atoms with van der Waals surface area (Å²) >= 11 is 0. The maximum absolute atomic E-state index is 12.0. The lowest BCUT2D eigenvalue weighted by atomic mass is 10.2. The lowest BCUT2D eigenvalue weighted by Crippen LogP contribution is -2.38. The molecule has 0 bridgehead atoms. The van der Waals surface area contributed by atoms with E-state index in [1.165, 1.54) is 18.2 Å². The number of nitrogens with one attached hydrogen (secondary N) is 2. The molecule has 1 amide bonds. The third kappa shape index (κ3) is 4.59. The largest absolute Gasteiger partial charge is 0.348 e. The van der Waals surface area contributed by atoms with Gasteiger partial charge in [-0.2, -0.15) is 0 Å². The Morgan fingerprint density at radius 1 is 1.30 bits per heavy atom. The van der Waals surface area contributed by atoms with Gasteiger partial charge in [0.25, 0.3) is 5.91 Å². The van der Waals surface area contributed by atoms with Crippen molar-refractivity contribution < 1.29 is 13.2 Å². The number of carbonyl (C=O) groups is 1. The zero-order chi connectivity index (χ0) is 15.3. The predicted octanol–water partition coefficient (Wildman–Crippen LogP) is 0.450. The normalized spacial score (nSPS) is 13.2. The molecule has 0 fully saturated rings.